The molecule has 6 nitrogen and oxygen atoms in total. The number of benzene rings is 1. The molecule has 8 heteroatoms. The van der Waals surface area contributed by atoms with Crippen LogP contribution in [0.4, 0.5) is 4.39 Å². The fraction of sp³-hybridized carbons (Fsp3) is 0.250. The Kier molecular flexibility index (Phi) is 5.00. The summed E-state index contributed by atoms with van der Waals surface area (Å²) in [6.07, 6.45) is 5.76. The van der Waals surface area contributed by atoms with Crippen molar-refractivity contribution in [3.63, 3.8) is 0 Å². The quantitative estimate of drug-likeness (QED) is 0.486. The number of fused-ring (bicyclic) bond motifs is 1. The van der Waals surface area contributed by atoms with Crippen LogP contribution in [0.1, 0.15) is 12.0 Å². The third kappa shape index (κ3) is 3.71. The van der Waals surface area contributed by atoms with E-state index in [9.17, 15) is 9.18 Å². The Morgan fingerprint density at radius 1 is 1.32 bits per heavy atom. The lowest BCUT2D eigenvalue weighted by molar-refractivity contribution is 0.185. The Bertz CT molecular complexity index is 1150. The Hall–Kier alpha value is -2.93. The number of halogens is 2. The number of dihydropyridines is 1. The second kappa shape index (κ2) is 7.59. The number of ether oxygens (including phenoxy) is 1. The van der Waals surface area contributed by atoms with Crippen molar-refractivity contribution in [2.24, 2.45) is 4.99 Å². The van der Waals surface area contributed by atoms with Crippen molar-refractivity contribution in [1.82, 2.24) is 14.3 Å². The second-order valence-electron chi connectivity index (χ2n) is 6.51. The largest absolute Gasteiger partial charge is 0.496 e. The third-order valence-electron chi connectivity index (χ3n) is 4.53. The molecule has 2 aromatic heterocycles. The summed E-state index contributed by atoms with van der Waals surface area (Å²) >= 11 is 5.97. The Morgan fingerprint density at radius 2 is 2.18 bits per heavy atom. The predicted octanol–water partition coefficient (Wildman–Crippen LogP) is 3.57. The van der Waals surface area contributed by atoms with Crippen LogP contribution < -0.4 is 5.56 Å². The highest BCUT2D eigenvalue weighted by Gasteiger charge is 2.12. The molecule has 144 valence electrons. The number of hydrogen-bond acceptors (Lipinski definition) is 4. The fourth-order valence-electron chi connectivity index (χ4n) is 3.16. The molecule has 1 aromatic carbocycles. The maximum Gasteiger partial charge on any atom is 0.266 e. The van der Waals surface area contributed by atoms with Gasteiger partial charge in [-0.05, 0) is 42.8 Å². The van der Waals surface area contributed by atoms with Gasteiger partial charge in [0, 0.05) is 30.3 Å². The summed E-state index contributed by atoms with van der Waals surface area (Å²) in [6.45, 7) is 2.51. The standard InChI is InChI=1S/C20H18ClFN4O2/c1-13-12-25(17-10-14(22)2-3-16(13)17)19-4-5-20(27)26(24-19)8-9-28-15-6-7-23-18(21)11-15/h2-7,10,12,18H,8-9,11H2,1H3. The summed E-state index contributed by atoms with van der Waals surface area (Å²) in [4.78, 5) is 16.2. The van der Waals surface area contributed by atoms with Crippen LogP contribution in [0.3, 0.4) is 0 Å². The van der Waals surface area contributed by atoms with Gasteiger partial charge in [0.2, 0.25) is 0 Å². The fourth-order valence-corrected chi connectivity index (χ4v) is 3.38. The molecule has 1 aliphatic rings. The van der Waals surface area contributed by atoms with Crippen molar-refractivity contribution in [3.8, 4) is 5.82 Å². The molecular formula is C20H18ClFN4O2. The van der Waals surface area contributed by atoms with Crippen LogP contribution >= 0.6 is 11.6 Å². The second-order valence-corrected chi connectivity index (χ2v) is 7.02. The van der Waals surface area contributed by atoms with Gasteiger partial charge < -0.3 is 4.74 Å². The van der Waals surface area contributed by atoms with Crippen molar-refractivity contribution >= 4 is 28.7 Å². The maximum absolute atomic E-state index is 13.7. The van der Waals surface area contributed by atoms with Gasteiger partial charge in [-0.1, -0.05) is 11.6 Å². The van der Waals surface area contributed by atoms with E-state index in [1.165, 1.54) is 22.9 Å². The van der Waals surface area contributed by atoms with E-state index in [2.05, 4.69) is 10.1 Å². The zero-order valence-corrected chi connectivity index (χ0v) is 15.9. The van der Waals surface area contributed by atoms with Crippen LogP contribution in [0.25, 0.3) is 16.7 Å². The topological polar surface area (TPSA) is 61.4 Å². The molecule has 3 heterocycles. The van der Waals surface area contributed by atoms with Crippen molar-refractivity contribution in [3.05, 3.63) is 70.1 Å². The van der Waals surface area contributed by atoms with Crippen LogP contribution in [0.2, 0.25) is 0 Å². The van der Waals surface area contributed by atoms with E-state index in [-0.39, 0.29) is 30.0 Å². The Labute approximate surface area is 165 Å². The molecule has 1 atom stereocenters. The van der Waals surface area contributed by atoms with Crippen molar-refractivity contribution in [2.45, 2.75) is 25.4 Å². The van der Waals surface area contributed by atoms with Gasteiger partial charge in [-0.2, -0.15) is 5.10 Å². The van der Waals surface area contributed by atoms with E-state index in [1.807, 2.05) is 13.1 Å². The molecule has 0 saturated carbocycles. The van der Waals surface area contributed by atoms with Gasteiger partial charge >= 0.3 is 0 Å². The molecule has 0 N–H and O–H groups in total. The minimum Gasteiger partial charge on any atom is -0.496 e. The van der Waals surface area contributed by atoms with Gasteiger partial charge in [-0.25, -0.2) is 9.07 Å². The number of aromatic nitrogens is 3. The van der Waals surface area contributed by atoms with Crippen LogP contribution in [0, 0.1) is 12.7 Å². The molecule has 0 spiro atoms. The lowest BCUT2D eigenvalue weighted by Crippen LogP contribution is -2.25. The molecule has 0 saturated heterocycles. The number of nitrogens with zero attached hydrogens (tertiary/aromatic N) is 4. The first-order valence-corrected chi connectivity index (χ1v) is 9.30. The molecule has 0 aliphatic carbocycles. The molecule has 1 aliphatic heterocycles. The molecule has 3 aromatic rings. The van der Waals surface area contributed by atoms with E-state index in [1.54, 1.807) is 29.0 Å². The highest BCUT2D eigenvalue weighted by molar-refractivity contribution is 6.21. The predicted molar refractivity (Wildman–Crippen MR) is 107 cm³/mol. The zero-order valence-electron chi connectivity index (χ0n) is 15.2. The Balaban J connectivity index is 1.58. The normalized spacial score (nSPS) is 16.4. The number of alkyl halides is 1. The van der Waals surface area contributed by atoms with E-state index >= 15 is 0 Å². The summed E-state index contributed by atoms with van der Waals surface area (Å²) < 4.78 is 22.5. The summed E-state index contributed by atoms with van der Waals surface area (Å²) in [5.74, 6) is 0.935. The first-order valence-electron chi connectivity index (χ1n) is 8.86. The van der Waals surface area contributed by atoms with Gasteiger partial charge in [0.1, 0.15) is 23.7 Å². The number of allylic oxidation sites excluding steroid dienone is 1. The van der Waals surface area contributed by atoms with Crippen LogP contribution in [0.5, 0.6) is 0 Å². The summed E-state index contributed by atoms with van der Waals surface area (Å²) in [6, 6.07) is 7.71. The van der Waals surface area contributed by atoms with Crippen molar-refractivity contribution in [2.75, 3.05) is 6.61 Å². The maximum atomic E-state index is 13.7. The molecule has 0 radical (unpaired) electrons. The summed E-state index contributed by atoms with van der Waals surface area (Å²) in [5, 5.41) is 5.36. The van der Waals surface area contributed by atoms with E-state index in [0.717, 1.165) is 16.7 Å². The minimum absolute atomic E-state index is 0.235. The highest BCUT2D eigenvalue weighted by atomic mass is 35.5. The number of aliphatic imine (C=N–C) groups is 1. The molecule has 0 fully saturated rings. The van der Waals surface area contributed by atoms with Crippen LogP contribution in [0.15, 0.2) is 58.2 Å². The van der Waals surface area contributed by atoms with Gasteiger partial charge in [0.25, 0.3) is 5.56 Å². The first-order chi connectivity index (χ1) is 13.5. The SMILES string of the molecule is Cc1cn(-c2ccc(=O)n(CCOC3=CC=NC(Cl)C3)n2)c2cc(F)ccc12. The Morgan fingerprint density at radius 3 is 3.00 bits per heavy atom. The van der Waals surface area contributed by atoms with E-state index in [4.69, 9.17) is 16.3 Å². The lowest BCUT2D eigenvalue weighted by Gasteiger charge is -2.15. The van der Waals surface area contributed by atoms with Gasteiger partial charge in [-0.15, -0.1) is 0 Å². The van der Waals surface area contributed by atoms with Crippen molar-refractivity contribution in [1.29, 1.82) is 0 Å². The van der Waals surface area contributed by atoms with Crippen molar-refractivity contribution < 1.29 is 9.13 Å². The third-order valence-corrected chi connectivity index (χ3v) is 4.80. The number of aryl methyl sites for hydroxylation is 1. The molecule has 1 unspecified atom stereocenters. The lowest BCUT2D eigenvalue weighted by atomic mass is 10.2. The van der Waals surface area contributed by atoms with Gasteiger partial charge in [0.05, 0.1) is 12.1 Å². The minimum atomic E-state index is -0.324. The molecule has 0 bridgehead atoms. The van der Waals surface area contributed by atoms with Gasteiger partial charge in [0.15, 0.2) is 5.82 Å². The molecule has 28 heavy (non-hydrogen) atoms. The zero-order chi connectivity index (χ0) is 19.7. The highest BCUT2D eigenvalue weighted by Crippen LogP contribution is 2.24. The molecule has 0 amide bonds. The van der Waals surface area contributed by atoms with Crippen LogP contribution in [-0.4, -0.2) is 32.7 Å². The average molecular weight is 401 g/mol. The average Bonchev–Trinajstić information content (AvgIpc) is 2.99. The molecular weight excluding hydrogens is 383 g/mol. The summed E-state index contributed by atoms with van der Waals surface area (Å²) in [7, 11) is 0. The van der Waals surface area contributed by atoms with E-state index < -0.39 is 0 Å². The monoisotopic (exact) mass is 400 g/mol. The van der Waals surface area contributed by atoms with Gasteiger partial charge in [-0.3, -0.25) is 14.4 Å². The van der Waals surface area contributed by atoms with Crippen LogP contribution in [-0.2, 0) is 11.3 Å². The number of hydrogen-bond donors (Lipinski definition) is 0. The van der Waals surface area contributed by atoms with E-state index in [0.29, 0.717) is 17.8 Å². The first kappa shape index (κ1) is 18.4. The summed E-state index contributed by atoms with van der Waals surface area (Å²) in [5.41, 5.74) is 1.14. The molecule has 4 rings (SSSR count). The smallest absolute Gasteiger partial charge is 0.266 e. The number of rotatable bonds is 5.